The SMILES string of the molecule is NC(=O)C1CCN(C(=O)c2cccc(N)c2)C1. The van der Waals surface area contributed by atoms with E-state index in [1.807, 2.05) is 0 Å². The lowest BCUT2D eigenvalue weighted by molar-refractivity contribution is -0.121. The largest absolute Gasteiger partial charge is 0.399 e. The Kier molecular flexibility index (Phi) is 2.99. The second-order valence-electron chi connectivity index (χ2n) is 4.26. The molecule has 1 fully saturated rings. The monoisotopic (exact) mass is 233 g/mol. The predicted octanol–water partition coefficient (Wildman–Crippen LogP) is 0.216. The van der Waals surface area contributed by atoms with Crippen molar-refractivity contribution in [3.05, 3.63) is 29.8 Å². The Morgan fingerprint density at radius 2 is 2.12 bits per heavy atom. The summed E-state index contributed by atoms with van der Waals surface area (Å²) >= 11 is 0. The van der Waals surface area contributed by atoms with Crippen LogP contribution in [0.2, 0.25) is 0 Å². The number of nitrogens with two attached hydrogens (primary N) is 2. The highest BCUT2D eigenvalue weighted by atomic mass is 16.2. The van der Waals surface area contributed by atoms with Gasteiger partial charge in [0.2, 0.25) is 5.91 Å². The van der Waals surface area contributed by atoms with Gasteiger partial charge in [-0.05, 0) is 24.6 Å². The summed E-state index contributed by atoms with van der Waals surface area (Å²) in [6.07, 6.45) is 0.642. The predicted molar refractivity (Wildman–Crippen MR) is 64.1 cm³/mol. The van der Waals surface area contributed by atoms with Crippen molar-refractivity contribution >= 4 is 17.5 Å². The molecule has 0 radical (unpaired) electrons. The smallest absolute Gasteiger partial charge is 0.253 e. The molecular weight excluding hydrogens is 218 g/mol. The van der Waals surface area contributed by atoms with E-state index in [1.165, 1.54) is 0 Å². The van der Waals surface area contributed by atoms with Crippen LogP contribution < -0.4 is 11.5 Å². The first-order valence-corrected chi connectivity index (χ1v) is 5.52. The molecule has 90 valence electrons. The molecule has 1 aromatic rings. The summed E-state index contributed by atoms with van der Waals surface area (Å²) in [4.78, 5) is 24.8. The summed E-state index contributed by atoms with van der Waals surface area (Å²) in [5.74, 6) is -0.658. The van der Waals surface area contributed by atoms with E-state index >= 15 is 0 Å². The zero-order valence-corrected chi connectivity index (χ0v) is 9.43. The number of primary amides is 1. The Morgan fingerprint density at radius 1 is 1.35 bits per heavy atom. The number of carbonyl (C=O) groups is 2. The number of nitrogens with zero attached hydrogens (tertiary/aromatic N) is 1. The van der Waals surface area contributed by atoms with Gasteiger partial charge in [0.05, 0.1) is 5.92 Å². The molecule has 0 saturated carbocycles. The maximum Gasteiger partial charge on any atom is 0.253 e. The molecule has 2 amide bonds. The molecule has 1 saturated heterocycles. The highest BCUT2D eigenvalue weighted by Gasteiger charge is 2.30. The summed E-state index contributed by atoms with van der Waals surface area (Å²) in [7, 11) is 0. The van der Waals surface area contributed by atoms with Crippen LogP contribution in [0, 0.1) is 5.92 Å². The molecule has 4 N–H and O–H groups in total. The quantitative estimate of drug-likeness (QED) is 0.716. The summed E-state index contributed by atoms with van der Waals surface area (Å²) in [6, 6.07) is 6.83. The third-order valence-corrected chi connectivity index (χ3v) is 3.01. The van der Waals surface area contributed by atoms with Gasteiger partial charge in [-0.1, -0.05) is 6.07 Å². The van der Waals surface area contributed by atoms with Crippen LogP contribution >= 0.6 is 0 Å². The van der Waals surface area contributed by atoms with Crippen LogP contribution in [0.25, 0.3) is 0 Å². The molecular formula is C12H15N3O2. The Balaban J connectivity index is 2.09. The Hall–Kier alpha value is -2.04. The number of hydrogen-bond donors (Lipinski definition) is 2. The molecule has 1 atom stereocenters. The van der Waals surface area contributed by atoms with Crippen LogP contribution in [0.5, 0.6) is 0 Å². The van der Waals surface area contributed by atoms with Crippen LogP contribution in [0.1, 0.15) is 16.8 Å². The third-order valence-electron chi connectivity index (χ3n) is 3.01. The average molecular weight is 233 g/mol. The van der Waals surface area contributed by atoms with Gasteiger partial charge >= 0.3 is 0 Å². The lowest BCUT2D eigenvalue weighted by Gasteiger charge is -2.16. The Bertz CT molecular complexity index is 459. The van der Waals surface area contributed by atoms with Crippen molar-refractivity contribution in [1.29, 1.82) is 0 Å². The van der Waals surface area contributed by atoms with Gasteiger partial charge in [-0.15, -0.1) is 0 Å². The first-order chi connectivity index (χ1) is 8.08. The molecule has 0 spiro atoms. The van der Waals surface area contributed by atoms with Crippen LogP contribution in [-0.4, -0.2) is 29.8 Å². The van der Waals surface area contributed by atoms with E-state index in [0.717, 1.165) is 0 Å². The second-order valence-corrected chi connectivity index (χ2v) is 4.26. The molecule has 1 aliphatic heterocycles. The number of hydrogen-bond acceptors (Lipinski definition) is 3. The number of benzene rings is 1. The lowest BCUT2D eigenvalue weighted by atomic mass is 10.1. The van der Waals surface area contributed by atoms with E-state index in [9.17, 15) is 9.59 Å². The number of rotatable bonds is 2. The Labute approximate surface area is 99.4 Å². The Morgan fingerprint density at radius 3 is 2.71 bits per heavy atom. The van der Waals surface area contributed by atoms with E-state index in [-0.39, 0.29) is 17.7 Å². The standard InChI is InChI=1S/C12H15N3O2/c13-10-3-1-2-8(6-10)12(17)15-5-4-9(7-15)11(14)16/h1-3,6,9H,4-5,7,13H2,(H2,14,16). The van der Waals surface area contributed by atoms with Gasteiger partial charge in [-0.25, -0.2) is 0 Å². The molecule has 1 aliphatic rings. The van der Waals surface area contributed by atoms with Crippen molar-refractivity contribution in [1.82, 2.24) is 4.90 Å². The van der Waals surface area contributed by atoms with Crippen molar-refractivity contribution in [2.75, 3.05) is 18.8 Å². The van der Waals surface area contributed by atoms with Gasteiger partial charge < -0.3 is 16.4 Å². The molecule has 5 heteroatoms. The lowest BCUT2D eigenvalue weighted by Crippen LogP contribution is -2.31. The first-order valence-electron chi connectivity index (χ1n) is 5.52. The minimum atomic E-state index is -0.340. The van der Waals surface area contributed by atoms with Gasteiger partial charge in [0.25, 0.3) is 5.91 Å². The first kappa shape index (κ1) is 11.4. The molecule has 2 rings (SSSR count). The van der Waals surface area contributed by atoms with Crippen LogP contribution in [0.15, 0.2) is 24.3 Å². The van der Waals surface area contributed by atoms with E-state index < -0.39 is 0 Å². The fourth-order valence-electron chi connectivity index (χ4n) is 2.03. The molecule has 5 nitrogen and oxygen atoms in total. The average Bonchev–Trinajstić information content (AvgIpc) is 2.77. The molecule has 0 aromatic heterocycles. The van der Waals surface area contributed by atoms with Crippen molar-refractivity contribution in [2.24, 2.45) is 11.7 Å². The fraction of sp³-hybridized carbons (Fsp3) is 0.333. The summed E-state index contributed by atoms with van der Waals surface area (Å²) in [6.45, 7) is 0.976. The van der Waals surface area contributed by atoms with Gasteiger partial charge in [0.1, 0.15) is 0 Å². The molecule has 1 unspecified atom stereocenters. The van der Waals surface area contributed by atoms with Crippen molar-refractivity contribution < 1.29 is 9.59 Å². The van der Waals surface area contributed by atoms with Crippen molar-refractivity contribution in [3.63, 3.8) is 0 Å². The van der Waals surface area contributed by atoms with Crippen molar-refractivity contribution in [3.8, 4) is 0 Å². The highest BCUT2D eigenvalue weighted by Crippen LogP contribution is 2.19. The molecule has 1 aromatic carbocycles. The van der Waals surface area contributed by atoms with Gasteiger partial charge in [0.15, 0.2) is 0 Å². The minimum absolute atomic E-state index is 0.0962. The van der Waals surface area contributed by atoms with E-state index in [1.54, 1.807) is 29.2 Å². The number of anilines is 1. The molecule has 0 bridgehead atoms. The summed E-state index contributed by atoms with van der Waals surface area (Å²) < 4.78 is 0. The minimum Gasteiger partial charge on any atom is -0.399 e. The van der Waals surface area contributed by atoms with E-state index in [0.29, 0.717) is 30.8 Å². The highest BCUT2D eigenvalue weighted by molar-refractivity contribution is 5.95. The maximum atomic E-state index is 12.1. The topological polar surface area (TPSA) is 89.4 Å². The number of nitrogen functional groups attached to an aromatic ring is 1. The van der Waals surface area contributed by atoms with E-state index in [4.69, 9.17) is 11.5 Å². The molecule has 1 heterocycles. The number of amides is 2. The summed E-state index contributed by atoms with van der Waals surface area (Å²) in [5.41, 5.74) is 12.0. The van der Waals surface area contributed by atoms with Crippen LogP contribution in [0.3, 0.4) is 0 Å². The maximum absolute atomic E-state index is 12.1. The van der Waals surface area contributed by atoms with Crippen LogP contribution in [-0.2, 0) is 4.79 Å². The van der Waals surface area contributed by atoms with Crippen molar-refractivity contribution in [2.45, 2.75) is 6.42 Å². The number of carbonyl (C=O) groups excluding carboxylic acids is 2. The van der Waals surface area contributed by atoms with E-state index in [2.05, 4.69) is 0 Å². The van der Waals surface area contributed by atoms with Gasteiger partial charge in [-0.2, -0.15) is 0 Å². The zero-order valence-electron chi connectivity index (χ0n) is 9.43. The fourth-order valence-corrected chi connectivity index (χ4v) is 2.03. The van der Waals surface area contributed by atoms with Gasteiger partial charge in [-0.3, -0.25) is 9.59 Å². The normalized spacial score (nSPS) is 19.3. The molecule has 0 aliphatic carbocycles. The van der Waals surface area contributed by atoms with Crippen LogP contribution in [0.4, 0.5) is 5.69 Å². The number of likely N-dealkylation sites (tertiary alicyclic amines) is 1. The zero-order chi connectivity index (χ0) is 12.4. The summed E-state index contributed by atoms with van der Waals surface area (Å²) in [5, 5.41) is 0. The third kappa shape index (κ3) is 2.38. The second kappa shape index (κ2) is 4.45. The van der Waals surface area contributed by atoms with Gasteiger partial charge in [0, 0.05) is 24.3 Å². The molecule has 17 heavy (non-hydrogen) atoms.